The molecule has 0 heterocycles. The molecule has 1 atom stereocenters. The lowest BCUT2D eigenvalue weighted by Crippen LogP contribution is -2.04. The maximum atomic E-state index is 2.30. The molecule has 60 valence electrons. The molecule has 0 nitrogen and oxygen atoms in total. The van der Waals surface area contributed by atoms with Gasteiger partial charge in [0.2, 0.25) is 0 Å². The molecular formula is C11H16. The molecule has 0 saturated heterocycles. The first-order chi connectivity index (χ1) is 5.30. The van der Waals surface area contributed by atoms with Crippen LogP contribution in [0.4, 0.5) is 0 Å². The summed E-state index contributed by atoms with van der Waals surface area (Å²) in [7, 11) is 0. The Balaban J connectivity index is 2.61. The highest BCUT2D eigenvalue weighted by atomic mass is 14.1. The molecule has 0 amide bonds. The Morgan fingerprint density at radius 3 is 2.55 bits per heavy atom. The zero-order valence-electron chi connectivity index (χ0n) is 7.33. The predicted molar refractivity (Wildman–Crippen MR) is 50.4 cm³/mol. The molecule has 0 saturated carbocycles. The van der Waals surface area contributed by atoms with Crippen molar-refractivity contribution in [2.24, 2.45) is 11.8 Å². The SMILES string of the molecule is CC(C)C1C=CC=CC=CC1. The van der Waals surface area contributed by atoms with Crippen LogP contribution in [0.3, 0.4) is 0 Å². The summed E-state index contributed by atoms with van der Waals surface area (Å²) >= 11 is 0. The Bertz CT molecular complexity index is 182. The monoisotopic (exact) mass is 148 g/mol. The zero-order chi connectivity index (χ0) is 8.10. The molecule has 0 aliphatic heterocycles. The lowest BCUT2D eigenvalue weighted by Gasteiger charge is -2.14. The predicted octanol–water partition coefficient (Wildman–Crippen LogP) is 3.33. The summed E-state index contributed by atoms with van der Waals surface area (Å²) in [5.41, 5.74) is 0. The first-order valence-corrected chi connectivity index (χ1v) is 4.30. The lowest BCUT2D eigenvalue weighted by molar-refractivity contribution is 0.470. The van der Waals surface area contributed by atoms with Gasteiger partial charge in [0, 0.05) is 0 Å². The van der Waals surface area contributed by atoms with E-state index in [4.69, 9.17) is 0 Å². The molecule has 1 aliphatic carbocycles. The van der Waals surface area contributed by atoms with Crippen molar-refractivity contribution in [3.8, 4) is 0 Å². The van der Waals surface area contributed by atoms with Crippen LogP contribution in [0.15, 0.2) is 36.5 Å². The van der Waals surface area contributed by atoms with Crippen LogP contribution in [0.5, 0.6) is 0 Å². The van der Waals surface area contributed by atoms with Crippen LogP contribution in [-0.4, -0.2) is 0 Å². The van der Waals surface area contributed by atoms with Crippen LogP contribution < -0.4 is 0 Å². The standard InChI is InChI=1S/C11H16/c1-10(2)11-8-6-4-3-5-7-9-11/h3-8,10-11H,9H2,1-2H3. The van der Waals surface area contributed by atoms with Crippen LogP contribution in [0.1, 0.15) is 20.3 Å². The molecule has 1 unspecified atom stereocenters. The van der Waals surface area contributed by atoms with Crippen molar-refractivity contribution < 1.29 is 0 Å². The highest BCUT2D eigenvalue weighted by Crippen LogP contribution is 2.18. The lowest BCUT2D eigenvalue weighted by atomic mass is 9.91. The second-order valence-corrected chi connectivity index (χ2v) is 3.34. The summed E-state index contributed by atoms with van der Waals surface area (Å²) in [6.45, 7) is 4.54. The molecule has 0 aromatic carbocycles. The smallest absolute Gasteiger partial charge is 0.0173 e. The van der Waals surface area contributed by atoms with Gasteiger partial charge in [0.05, 0.1) is 0 Å². The van der Waals surface area contributed by atoms with E-state index in [1.807, 2.05) is 0 Å². The van der Waals surface area contributed by atoms with Crippen molar-refractivity contribution in [3.63, 3.8) is 0 Å². The van der Waals surface area contributed by atoms with Crippen molar-refractivity contribution in [3.05, 3.63) is 36.5 Å². The van der Waals surface area contributed by atoms with E-state index in [1.54, 1.807) is 0 Å². The molecule has 0 N–H and O–H groups in total. The van der Waals surface area contributed by atoms with Crippen molar-refractivity contribution in [2.75, 3.05) is 0 Å². The highest BCUT2D eigenvalue weighted by molar-refractivity contribution is 5.15. The van der Waals surface area contributed by atoms with Gasteiger partial charge >= 0.3 is 0 Å². The third-order valence-corrected chi connectivity index (χ3v) is 2.09. The maximum absolute atomic E-state index is 2.30. The van der Waals surface area contributed by atoms with Gasteiger partial charge in [-0.3, -0.25) is 0 Å². The summed E-state index contributed by atoms with van der Waals surface area (Å²) in [4.78, 5) is 0. The first kappa shape index (κ1) is 8.32. The minimum atomic E-state index is 0.719. The first-order valence-electron chi connectivity index (χ1n) is 4.30. The number of hydrogen-bond donors (Lipinski definition) is 0. The van der Waals surface area contributed by atoms with Crippen molar-refractivity contribution >= 4 is 0 Å². The zero-order valence-corrected chi connectivity index (χ0v) is 7.33. The highest BCUT2D eigenvalue weighted by Gasteiger charge is 2.06. The Kier molecular flexibility index (Phi) is 3.15. The molecule has 11 heavy (non-hydrogen) atoms. The van der Waals surface area contributed by atoms with E-state index < -0.39 is 0 Å². The Labute approximate surface area is 69.3 Å². The molecule has 0 aromatic rings. The van der Waals surface area contributed by atoms with Crippen LogP contribution >= 0.6 is 0 Å². The Morgan fingerprint density at radius 1 is 1.09 bits per heavy atom. The van der Waals surface area contributed by atoms with E-state index in [1.165, 1.54) is 6.42 Å². The topological polar surface area (TPSA) is 0 Å². The van der Waals surface area contributed by atoms with Gasteiger partial charge in [0.25, 0.3) is 0 Å². The minimum Gasteiger partial charge on any atom is -0.0839 e. The molecule has 0 heteroatoms. The largest absolute Gasteiger partial charge is 0.0839 e. The number of allylic oxidation sites excluding steroid dienone is 6. The van der Waals surface area contributed by atoms with Gasteiger partial charge in [0.1, 0.15) is 0 Å². The number of hydrogen-bond acceptors (Lipinski definition) is 0. The van der Waals surface area contributed by atoms with Gasteiger partial charge in [0.15, 0.2) is 0 Å². The molecule has 0 spiro atoms. The fourth-order valence-corrected chi connectivity index (χ4v) is 1.22. The quantitative estimate of drug-likeness (QED) is 0.535. The molecule has 0 fully saturated rings. The van der Waals surface area contributed by atoms with Crippen molar-refractivity contribution in [1.29, 1.82) is 0 Å². The Morgan fingerprint density at radius 2 is 1.82 bits per heavy atom. The third kappa shape index (κ3) is 2.75. The molecule has 0 aromatic heterocycles. The fraction of sp³-hybridized carbons (Fsp3) is 0.455. The summed E-state index contributed by atoms with van der Waals surface area (Å²) in [5.74, 6) is 1.47. The van der Waals surface area contributed by atoms with E-state index in [9.17, 15) is 0 Å². The van der Waals surface area contributed by atoms with E-state index in [0.29, 0.717) is 0 Å². The second-order valence-electron chi connectivity index (χ2n) is 3.34. The third-order valence-electron chi connectivity index (χ3n) is 2.09. The summed E-state index contributed by atoms with van der Waals surface area (Å²) in [6.07, 6.45) is 14.2. The summed E-state index contributed by atoms with van der Waals surface area (Å²) in [5, 5.41) is 0. The van der Waals surface area contributed by atoms with E-state index in [-0.39, 0.29) is 0 Å². The van der Waals surface area contributed by atoms with Gasteiger partial charge in [-0.25, -0.2) is 0 Å². The summed E-state index contributed by atoms with van der Waals surface area (Å²) in [6, 6.07) is 0. The minimum absolute atomic E-state index is 0.719. The van der Waals surface area contributed by atoms with Crippen molar-refractivity contribution in [1.82, 2.24) is 0 Å². The van der Waals surface area contributed by atoms with Gasteiger partial charge in [-0.15, -0.1) is 0 Å². The Hall–Kier alpha value is -0.780. The van der Waals surface area contributed by atoms with Crippen LogP contribution in [0, 0.1) is 11.8 Å². The van der Waals surface area contributed by atoms with Crippen molar-refractivity contribution in [2.45, 2.75) is 20.3 Å². The fourth-order valence-electron chi connectivity index (χ4n) is 1.22. The molecular weight excluding hydrogens is 132 g/mol. The summed E-state index contributed by atoms with van der Waals surface area (Å²) < 4.78 is 0. The molecule has 0 bridgehead atoms. The number of rotatable bonds is 1. The average molecular weight is 148 g/mol. The van der Waals surface area contributed by atoms with E-state index in [0.717, 1.165) is 11.8 Å². The molecule has 1 rings (SSSR count). The average Bonchev–Trinajstić information content (AvgIpc) is 1.84. The second kappa shape index (κ2) is 4.17. The van der Waals surface area contributed by atoms with Gasteiger partial charge in [-0.05, 0) is 18.3 Å². The van der Waals surface area contributed by atoms with Gasteiger partial charge in [-0.2, -0.15) is 0 Å². The van der Waals surface area contributed by atoms with Crippen LogP contribution in [-0.2, 0) is 0 Å². The van der Waals surface area contributed by atoms with E-state index >= 15 is 0 Å². The normalized spacial score (nSPS) is 23.7. The van der Waals surface area contributed by atoms with E-state index in [2.05, 4.69) is 50.3 Å². The maximum Gasteiger partial charge on any atom is -0.0173 e. The van der Waals surface area contributed by atoms with Crippen LogP contribution in [0.25, 0.3) is 0 Å². The van der Waals surface area contributed by atoms with Crippen LogP contribution in [0.2, 0.25) is 0 Å². The van der Waals surface area contributed by atoms with Gasteiger partial charge in [-0.1, -0.05) is 50.3 Å². The van der Waals surface area contributed by atoms with Gasteiger partial charge < -0.3 is 0 Å². The molecule has 0 radical (unpaired) electrons. The molecule has 1 aliphatic rings.